The summed E-state index contributed by atoms with van der Waals surface area (Å²) in [5.41, 5.74) is -3.37. The number of aliphatic hydroxyl groups is 14. The van der Waals surface area contributed by atoms with E-state index in [2.05, 4.69) is 34.6 Å². The summed E-state index contributed by atoms with van der Waals surface area (Å²) in [6.45, 7) is 14.0. The van der Waals surface area contributed by atoms with Crippen LogP contribution in [0.15, 0.2) is 0 Å². The zero-order valence-electron chi connectivity index (χ0n) is 44.0. The molecule has 0 amide bonds. The first-order valence-corrected chi connectivity index (χ1v) is 27.2. The lowest BCUT2D eigenvalue weighted by Crippen LogP contribution is -2.66. The van der Waals surface area contributed by atoms with Gasteiger partial charge in [-0.05, 0) is 129 Å². The SMILES string of the molecule is CC(CCC(O)C(C)(C)O)C1C(O)CC2(C)C3CC(OC4OC(CO)C(O)C(O)C4O)C4C(C)(C)C(OC5OCC(O)C(O)C5OC5OCC(O)C(O)C5OC5OC(C)C(O)C(O)C5O)CCC45CC35CCC12C. The Balaban J connectivity index is 1.00. The van der Waals surface area contributed by atoms with Crippen molar-refractivity contribution in [3.05, 3.63) is 0 Å². The van der Waals surface area contributed by atoms with Gasteiger partial charge in [0, 0.05) is 0 Å². The van der Waals surface area contributed by atoms with Crippen LogP contribution >= 0.6 is 0 Å². The predicted molar refractivity (Wildman–Crippen MR) is 253 cm³/mol. The average molecular weight is 1070 g/mol. The first-order valence-electron chi connectivity index (χ1n) is 27.2. The molecule has 428 valence electrons. The third kappa shape index (κ3) is 9.28. The molecule has 9 rings (SSSR count). The Kier molecular flexibility index (Phi) is 16.1. The lowest BCUT2D eigenvalue weighted by molar-refractivity contribution is -0.382. The van der Waals surface area contributed by atoms with Crippen LogP contribution in [0.1, 0.15) is 113 Å². The second-order valence-electron chi connectivity index (χ2n) is 25.9. The van der Waals surface area contributed by atoms with Gasteiger partial charge in [-0.15, -0.1) is 0 Å². The van der Waals surface area contributed by atoms with Crippen LogP contribution in [0.2, 0.25) is 0 Å². The monoisotopic (exact) mass is 1060 g/mol. The molecular formula is C52H88O22. The van der Waals surface area contributed by atoms with Gasteiger partial charge in [0.05, 0.1) is 55.9 Å². The molecule has 30 unspecified atom stereocenters. The lowest BCUT2D eigenvalue weighted by Gasteiger charge is -2.65. The third-order valence-corrected chi connectivity index (χ3v) is 21.1. The largest absolute Gasteiger partial charge is 0.394 e. The van der Waals surface area contributed by atoms with Crippen LogP contribution in [0, 0.1) is 50.7 Å². The minimum atomic E-state index is -1.79. The standard InChI is InChI=1S/C52H88O22/c1-21(9-10-29(57)48(5,6)66)31-23(54)16-50(8)28-15-26(70-44-39(65)37(63)35(61)27(17-53)71-44)42-47(3,4)30(11-12-52(42)20-51(28,52)14-13-49(31,50)7)72-45-40(33(59)24(55)18-67-45)74-46-41(34(60)25(56)19-68-46)73-43-38(64)36(62)32(58)22(2)69-43/h21-46,53-66H,9-20H2,1-8H3. The van der Waals surface area contributed by atoms with Crippen LogP contribution in [0.25, 0.3) is 0 Å². The third-order valence-electron chi connectivity index (χ3n) is 21.1. The summed E-state index contributed by atoms with van der Waals surface area (Å²) in [6.07, 6.45) is -24.8. The molecule has 9 fully saturated rings. The molecule has 22 nitrogen and oxygen atoms in total. The molecule has 0 radical (unpaired) electrons. The van der Waals surface area contributed by atoms with E-state index in [-0.39, 0.29) is 46.5 Å². The second kappa shape index (κ2) is 20.6. The highest BCUT2D eigenvalue weighted by Crippen LogP contribution is 2.89. The Labute approximate surface area is 432 Å². The molecule has 4 heterocycles. The molecule has 22 heteroatoms. The van der Waals surface area contributed by atoms with E-state index in [9.17, 15) is 71.5 Å². The highest BCUT2D eigenvalue weighted by atomic mass is 16.8. The van der Waals surface area contributed by atoms with Crippen LogP contribution < -0.4 is 0 Å². The normalized spacial score (nSPS) is 55.1. The zero-order valence-corrected chi connectivity index (χ0v) is 44.0. The average Bonchev–Trinajstić information content (AvgIpc) is 3.93. The van der Waals surface area contributed by atoms with Gasteiger partial charge < -0.3 is 109 Å². The quantitative estimate of drug-likeness (QED) is 0.0827. The van der Waals surface area contributed by atoms with Crippen molar-refractivity contribution in [2.45, 2.75) is 254 Å². The molecule has 0 aromatic heterocycles. The Morgan fingerprint density at radius 1 is 0.622 bits per heavy atom. The molecule has 0 aromatic rings. The van der Waals surface area contributed by atoms with E-state index in [1.807, 2.05) is 0 Å². The predicted octanol–water partition coefficient (Wildman–Crippen LogP) is -2.12. The van der Waals surface area contributed by atoms with E-state index in [4.69, 9.17) is 37.9 Å². The number of aliphatic hydroxyl groups excluding tert-OH is 13. The minimum Gasteiger partial charge on any atom is -0.394 e. The molecule has 5 saturated carbocycles. The van der Waals surface area contributed by atoms with Gasteiger partial charge in [-0.25, -0.2) is 0 Å². The molecule has 2 spiro atoms. The number of hydrogen-bond donors (Lipinski definition) is 14. The van der Waals surface area contributed by atoms with Crippen molar-refractivity contribution < 1.29 is 109 Å². The zero-order chi connectivity index (χ0) is 54.2. The molecule has 5 aliphatic carbocycles. The van der Waals surface area contributed by atoms with E-state index in [1.165, 1.54) is 6.92 Å². The van der Waals surface area contributed by atoms with Crippen molar-refractivity contribution in [1.82, 2.24) is 0 Å². The smallest absolute Gasteiger partial charge is 0.187 e. The Hall–Kier alpha value is -0.880. The van der Waals surface area contributed by atoms with Crippen molar-refractivity contribution in [3.63, 3.8) is 0 Å². The van der Waals surface area contributed by atoms with Crippen LogP contribution in [0.3, 0.4) is 0 Å². The Bertz CT molecular complexity index is 1940. The molecule has 0 aromatic carbocycles. The summed E-state index contributed by atoms with van der Waals surface area (Å²) >= 11 is 0. The maximum absolute atomic E-state index is 12.2. The van der Waals surface area contributed by atoms with Gasteiger partial charge >= 0.3 is 0 Å². The topological polar surface area (TPSA) is 357 Å². The minimum absolute atomic E-state index is 0.00857. The second-order valence-corrected chi connectivity index (χ2v) is 25.9. The summed E-state index contributed by atoms with van der Waals surface area (Å²) in [5, 5.41) is 153. The highest BCUT2D eigenvalue weighted by molar-refractivity contribution is 5.33. The van der Waals surface area contributed by atoms with E-state index < -0.39 is 165 Å². The van der Waals surface area contributed by atoms with Gasteiger partial charge in [0.1, 0.15) is 79.4 Å². The van der Waals surface area contributed by atoms with Gasteiger partial charge in [-0.1, -0.05) is 34.6 Å². The van der Waals surface area contributed by atoms with Crippen LogP contribution in [-0.2, 0) is 37.9 Å². The fourth-order valence-corrected chi connectivity index (χ4v) is 16.8. The maximum atomic E-state index is 12.2. The van der Waals surface area contributed by atoms with Gasteiger partial charge in [0.2, 0.25) is 0 Å². The number of ether oxygens (including phenoxy) is 8. The van der Waals surface area contributed by atoms with E-state index >= 15 is 0 Å². The molecule has 4 aliphatic heterocycles. The highest BCUT2D eigenvalue weighted by Gasteiger charge is 2.85. The summed E-state index contributed by atoms with van der Waals surface area (Å²) in [5.74, 6) is -0.402. The van der Waals surface area contributed by atoms with E-state index in [1.54, 1.807) is 13.8 Å². The van der Waals surface area contributed by atoms with Crippen molar-refractivity contribution in [2.24, 2.45) is 50.7 Å². The van der Waals surface area contributed by atoms with Gasteiger partial charge in [-0.3, -0.25) is 0 Å². The fourth-order valence-electron chi connectivity index (χ4n) is 16.8. The molecule has 9 aliphatic rings. The molecular weight excluding hydrogens is 977 g/mol. The molecule has 0 bridgehead atoms. The maximum Gasteiger partial charge on any atom is 0.187 e. The van der Waals surface area contributed by atoms with Gasteiger partial charge in [0.15, 0.2) is 25.2 Å². The van der Waals surface area contributed by atoms with E-state index in [0.717, 1.165) is 19.3 Å². The molecule has 30 atom stereocenters. The first kappa shape index (κ1) is 57.8. The van der Waals surface area contributed by atoms with Gasteiger partial charge in [-0.2, -0.15) is 0 Å². The summed E-state index contributed by atoms with van der Waals surface area (Å²) in [6, 6.07) is 0. The number of rotatable bonds is 14. The van der Waals surface area contributed by atoms with Crippen LogP contribution in [-0.4, -0.2) is 232 Å². The van der Waals surface area contributed by atoms with Crippen LogP contribution in [0.4, 0.5) is 0 Å². The summed E-state index contributed by atoms with van der Waals surface area (Å²) < 4.78 is 49.8. The summed E-state index contributed by atoms with van der Waals surface area (Å²) in [4.78, 5) is 0. The van der Waals surface area contributed by atoms with Crippen molar-refractivity contribution >= 4 is 0 Å². The van der Waals surface area contributed by atoms with Crippen LogP contribution in [0.5, 0.6) is 0 Å². The molecule has 14 N–H and O–H groups in total. The van der Waals surface area contributed by atoms with Crippen molar-refractivity contribution in [1.29, 1.82) is 0 Å². The Morgan fingerprint density at radius 2 is 1.19 bits per heavy atom. The first-order chi connectivity index (χ1) is 34.5. The molecule has 4 saturated heterocycles. The van der Waals surface area contributed by atoms with Crippen molar-refractivity contribution in [2.75, 3.05) is 19.8 Å². The number of fused-ring (bicyclic) bond motifs is 2. The fraction of sp³-hybridized carbons (Fsp3) is 1.00. The van der Waals surface area contributed by atoms with E-state index in [0.29, 0.717) is 38.5 Å². The van der Waals surface area contributed by atoms with Gasteiger partial charge in [0.25, 0.3) is 0 Å². The number of hydrogen-bond acceptors (Lipinski definition) is 22. The van der Waals surface area contributed by atoms with Crippen molar-refractivity contribution in [3.8, 4) is 0 Å². The Morgan fingerprint density at radius 3 is 1.78 bits per heavy atom. The lowest BCUT2D eigenvalue weighted by atomic mass is 9.41. The molecule has 74 heavy (non-hydrogen) atoms. The summed E-state index contributed by atoms with van der Waals surface area (Å²) in [7, 11) is 0.